The summed E-state index contributed by atoms with van der Waals surface area (Å²) in [6, 6.07) is 0.518. The Morgan fingerprint density at radius 3 is 2.55 bits per heavy atom. The highest BCUT2D eigenvalue weighted by atomic mass is 16.5. The van der Waals surface area contributed by atoms with E-state index in [1.165, 1.54) is 5.57 Å². The van der Waals surface area contributed by atoms with E-state index in [2.05, 4.69) is 42.9 Å². The van der Waals surface area contributed by atoms with Crippen LogP contribution in [0, 0.1) is 5.41 Å². The molecule has 2 rings (SSSR count). The van der Waals surface area contributed by atoms with Gasteiger partial charge in [-0.05, 0) is 26.7 Å². The van der Waals surface area contributed by atoms with Crippen LogP contribution in [0.4, 0.5) is 0 Å². The normalized spacial score (nSPS) is 23.0. The van der Waals surface area contributed by atoms with Crippen molar-refractivity contribution < 1.29 is 4.74 Å². The van der Waals surface area contributed by atoms with E-state index >= 15 is 0 Å². The number of guanidine groups is 1. The average molecular weight is 308 g/mol. The molecule has 0 amide bonds. The lowest BCUT2D eigenvalue weighted by Gasteiger charge is -2.37. The van der Waals surface area contributed by atoms with E-state index < -0.39 is 0 Å². The van der Waals surface area contributed by atoms with Gasteiger partial charge in [-0.15, -0.1) is 0 Å². The van der Waals surface area contributed by atoms with Crippen LogP contribution in [0.25, 0.3) is 0 Å². The van der Waals surface area contributed by atoms with Crippen molar-refractivity contribution in [3.63, 3.8) is 0 Å². The molecule has 126 valence electrons. The highest BCUT2D eigenvalue weighted by Crippen LogP contribution is 2.26. The molecule has 2 fully saturated rings. The van der Waals surface area contributed by atoms with Crippen LogP contribution in [0.15, 0.2) is 17.1 Å². The van der Waals surface area contributed by atoms with Crippen molar-refractivity contribution in [2.75, 3.05) is 45.9 Å². The van der Waals surface area contributed by atoms with Crippen LogP contribution in [0.3, 0.4) is 0 Å². The number of piperidine rings is 1. The van der Waals surface area contributed by atoms with Crippen LogP contribution in [-0.2, 0) is 4.74 Å². The molecule has 0 spiro atoms. The average Bonchev–Trinajstić information content (AvgIpc) is 2.44. The maximum absolute atomic E-state index is 5.30. The van der Waals surface area contributed by atoms with Gasteiger partial charge in [-0.1, -0.05) is 19.1 Å². The topological polar surface area (TPSA) is 48.9 Å². The lowest BCUT2D eigenvalue weighted by molar-refractivity contribution is -0.0945. The Morgan fingerprint density at radius 2 is 2.05 bits per heavy atom. The quantitative estimate of drug-likeness (QED) is 0.445. The predicted octanol–water partition coefficient (Wildman–Crippen LogP) is 1.62. The van der Waals surface area contributed by atoms with E-state index in [0.29, 0.717) is 6.04 Å². The first-order chi connectivity index (χ1) is 10.5. The monoisotopic (exact) mass is 308 g/mol. The molecule has 0 unspecified atom stereocenters. The molecule has 2 heterocycles. The zero-order valence-corrected chi connectivity index (χ0v) is 14.5. The third kappa shape index (κ3) is 5.29. The summed E-state index contributed by atoms with van der Waals surface area (Å²) in [6.07, 6.45) is 2.33. The molecule has 0 saturated carbocycles. The van der Waals surface area contributed by atoms with Crippen LogP contribution in [0.1, 0.15) is 33.6 Å². The van der Waals surface area contributed by atoms with Crippen molar-refractivity contribution in [2.24, 2.45) is 10.4 Å². The molecule has 2 saturated heterocycles. The summed E-state index contributed by atoms with van der Waals surface area (Å²) in [7, 11) is 0. The number of ether oxygens (including phenoxy) is 1. The van der Waals surface area contributed by atoms with Crippen molar-refractivity contribution in [2.45, 2.75) is 39.7 Å². The van der Waals surface area contributed by atoms with E-state index in [1.807, 2.05) is 0 Å². The molecule has 0 atom stereocenters. The Balaban J connectivity index is 1.78. The third-order valence-electron chi connectivity index (χ3n) is 4.29. The van der Waals surface area contributed by atoms with Crippen LogP contribution in [0.5, 0.6) is 0 Å². The number of rotatable bonds is 6. The van der Waals surface area contributed by atoms with Gasteiger partial charge in [0, 0.05) is 37.6 Å². The highest BCUT2D eigenvalue weighted by Gasteiger charge is 2.33. The van der Waals surface area contributed by atoms with Crippen molar-refractivity contribution in [1.29, 1.82) is 0 Å². The molecule has 5 nitrogen and oxygen atoms in total. The van der Waals surface area contributed by atoms with Gasteiger partial charge in [0.25, 0.3) is 0 Å². The summed E-state index contributed by atoms with van der Waals surface area (Å²) in [5, 5.41) is 6.96. The van der Waals surface area contributed by atoms with E-state index in [1.54, 1.807) is 0 Å². The first-order valence-electron chi connectivity index (χ1n) is 8.50. The number of nitrogens with one attached hydrogen (secondary N) is 2. The third-order valence-corrected chi connectivity index (χ3v) is 4.29. The van der Waals surface area contributed by atoms with Crippen LogP contribution < -0.4 is 10.6 Å². The smallest absolute Gasteiger partial charge is 0.191 e. The second-order valence-electron chi connectivity index (χ2n) is 7.15. The zero-order valence-electron chi connectivity index (χ0n) is 14.5. The molecular formula is C17H32N4O. The summed E-state index contributed by atoms with van der Waals surface area (Å²) >= 11 is 0. The number of hydrogen-bond donors (Lipinski definition) is 2. The zero-order chi connectivity index (χ0) is 16.0. The molecule has 5 heteroatoms. The molecule has 0 aromatic rings. The molecule has 2 N–H and O–H groups in total. The van der Waals surface area contributed by atoms with Crippen molar-refractivity contribution in [3.05, 3.63) is 12.2 Å². The van der Waals surface area contributed by atoms with E-state index in [9.17, 15) is 0 Å². The van der Waals surface area contributed by atoms with Gasteiger partial charge in [0.2, 0.25) is 0 Å². The fraction of sp³-hybridized carbons (Fsp3) is 0.824. The first kappa shape index (κ1) is 17.3. The molecule has 2 aliphatic heterocycles. The second kappa shape index (κ2) is 7.97. The van der Waals surface area contributed by atoms with E-state index in [4.69, 9.17) is 9.73 Å². The van der Waals surface area contributed by atoms with Gasteiger partial charge in [0.05, 0.1) is 19.8 Å². The summed E-state index contributed by atoms with van der Waals surface area (Å²) in [4.78, 5) is 7.24. The Morgan fingerprint density at radius 1 is 1.36 bits per heavy atom. The molecule has 0 aliphatic carbocycles. The SMILES string of the molecule is C=C(C)CN1CCC(NC(=NCC2(C)COC2)NCC)CC1. The van der Waals surface area contributed by atoms with Crippen molar-refractivity contribution >= 4 is 5.96 Å². The van der Waals surface area contributed by atoms with Crippen LogP contribution in [-0.4, -0.2) is 62.8 Å². The van der Waals surface area contributed by atoms with Gasteiger partial charge < -0.3 is 15.4 Å². The maximum Gasteiger partial charge on any atom is 0.191 e. The number of nitrogens with zero attached hydrogens (tertiary/aromatic N) is 2. The molecule has 0 aromatic carbocycles. The van der Waals surface area contributed by atoms with Crippen LogP contribution in [0.2, 0.25) is 0 Å². The van der Waals surface area contributed by atoms with Crippen LogP contribution >= 0.6 is 0 Å². The summed E-state index contributed by atoms with van der Waals surface area (Å²) in [5.74, 6) is 0.953. The minimum Gasteiger partial charge on any atom is -0.380 e. The first-order valence-corrected chi connectivity index (χ1v) is 8.50. The van der Waals surface area contributed by atoms with E-state index in [-0.39, 0.29) is 5.41 Å². The maximum atomic E-state index is 5.30. The predicted molar refractivity (Wildman–Crippen MR) is 92.3 cm³/mol. The Labute approximate surface area is 135 Å². The van der Waals surface area contributed by atoms with E-state index in [0.717, 1.165) is 64.7 Å². The molecule has 0 bridgehead atoms. The molecular weight excluding hydrogens is 276 g/mol. The summed E-state index contributed by atoms with van der Waals surface area (Å²) < 4.78 is 5.30. The largest absolute Gasteiger partial charge is 0.380 e. The fourth-order valence-electron chi connectivity index (χ4n) is 2.94. The summed E-state index contributed by atoms with van der Waals surface area (Å²) in [5.41, 5.74) is 1.48. The number of aliphatic imine (C=N–C) groups is 1. The van der Waals surface area contributed by atoms with Gasteiger partial charge >= 0.3 is 0 Å². The lowest BCUT2D eigenvalue weighted by atomic mass is 9.89. The Kier molecular flexibility index (Phi) is 6.26. The minimum absolute atomic E-state index is 0.229. The minimum atomic E-state index is 0.229. The fourth-order valence-corrected chi connectivity index (χ4v) is 2.94. The van der Waals surface area contributed by atoms with Crippen molar-refractivity contribution in [1.82, 2.24) is 15.5 Å². The number of likely N-dealkylation sites (tertiary alicyclic amines) is 1. The van der Waals surface area contributed by atoms with Gasteiger partial charge in [-0.3, -0.25) is 9.89 Å². The molecule has 22 heavy (non-hydrogen) atoms. The highest BCUT2D eigenvalue weighted by molar-refractivity contribution is 5.80. The van der Waals surface area contributed by atoms with Gasteiger partial charge in [-0.25, -0.2) is 0 Å². The Hall–Kier alpha value is -1.07. The molecule has 2 aliphatic rings. The molecule has 0 aromatic heterocycles. The molecule has 0 radical (unpaired) electrons. The number of hydrogen-bond acceptors (Lipinski definition) is 3. The lowest BCUT2D eigenvalue weighted by Crippen LogP contribution is -2.50. The van der Waals surface area contributed by atoms with Gasteiger partial charge in [0.15, 0.2) is 5.96 Å². The van der Waals surface area contributed by atoms with Gasteiger partial charge in [-0.2, -0.15) is 0 Å². The van der Waals surface area contributed by atoms with Gasteiger partial charge in [0.1, 0.15) is 0 Å². The Bertz CT molecular complexity index is 395. The summed E-state index contributed by atoms with van der Waals surface area (Å²) in [6.45, 7) is 17.1. The second-order valence-corrected chi connectivity index (χ2v) is 7.15. The standard InChI is InChI=1S/C17H32N4O/c1-5-18-16(19-11-17(4)12-22-13-17)20-15-6-8-21(9-7-15)10-14(2)3/h15H,2,5-13H2,1,3-4H3,(H2,18,19,20). The van der Waals surface area contributed by atoms with Crippen molar-refractivity contribution in [3.8, 4) is 0 Å².